The second kappa shape index (κ2) is 4.62. The highest BCUT2D eigenvalue weighted by molar-refractivity contribution is 8.08. The molecular weight excluding hydrogens is 282 g/mol. The molecule has 110 valence electrons. The van der Waals surface area contributed by atoms with E-state index in [4.69, 9.17) is 0 Å². The molecule has 1 aliphatic rings. The van der Waals surface area contributed by atoms with Crippen LogP contribution in [0.4, 0.5) is 5.82 Å². The first kappa shape index (κ1) is 14.6. The second-order valence-corrected chi connectivity index (χ2v) is 6.68. The van der Waals surface area contributed by atoms with Crippen LogP contribution < -0.4 is 5.43 Å². The largest absolute Gasteiger partial charge is 0.464 e. The number of carbonyl (C=O) groups excluding carboxylic acids is 1. The van der Waals surface area contributed by atoms with Gasteiger partial charge in [0.1, 0.15) is 10.7 Å². The van der Waals surface area contributed by atoms with Gasteiger partial charge in [-0.25, -0.2) is 13.2 Å². The number of rotatable bonds is 2. The monoisotopic (exact) mass is 299 g/mol. The van der Waals surface area contributed by atoms with Gasteiger partial charge in [-0.2, -0.15) is 5.10 Å². The molecule has 0 saturated carbocycles. The Kier molecular flexibility index (Phi) is 3.37. The molecule has 0 aliphatic carbocycles. The SMILES string of the molecule is COC(=O)C1=NNc2c(c(C)c(C)n2C(C)C)S1(=O)=O. The minimum absolute atomic E-state index is 0.0648. The molecule has 0 spiro atoms. The molecule has 7 nitrogen and oxygen atoms in total. The zero-order valence-electron chi connectivity index (χ0n) is 12.0. The average molecular weight is 299 g/mol. The van der Waals surface area contributed by atoms with E-state index in [1.54, 1.807) is 6.92 Å². The predicted octanol–water partition coefficient (Wildman–Crippen LogP) is 1.37. The first-order chi connectivity index (χ1) is 9.23. The smallest absolute Gasteiger partial charge is 0.370 e. The summed E-state index contributed by atoms with van der Waals surface area (Å²) in [6, 6.07) is 0.0648. The van der Waals surface area contributed by atoms with Crippen LogP contribution >= 0.6 is 0 Å². The molecule has 20 heavy (non-hydrogen) atoms. The number of esters is 1. The van der Waals surface area contributed by atoms with E-state index in [0.717, 1.165) is 12.8 Å². The molecule has 8 heteroatoms. The molecule has 1 aromatic rings. The number of anilines is 1. The van der Waals surface area contributed by atoms with Gasteiger partial charge in [0, 0.05) is 11.7 Å². The normalized spacial score (nSPS) is 16.4. The van der Waals surface area contributed by atoms with Crippen LogP contribution in [0.15, 0.2) is 10.00 Å². The second-order valence-electron chi connectivity index (χ2n) is 4.88. The maximum Gasteiger partial charge on any atom is 0.370 e. The van der Waals surface area contributed by atoms with Crippen LogP contribution in [0.1, 0.15) is 31.1 Å². The fourth-order valence-electron chi connectivity index (χ4n) is 2.38. The summed E-state index contributed by atoms with van der Waals surface area (Å²) in [4.78, 5) is 11.6. The van der Waals surface area contributed by atoms with Gasteiger partial charge in [0.25, 0.3) is 5.04 Å². The summed E-state index contributed by atoms with van der Waals surface area (Å²) in [6.07, 6.45) is 0. The molecule has 0 atom stereocenters. The molecule has 2 rings (SSSR count). The Balaban J connectivity index is 2.75. The lowest BCUT2D eigenvalue weighted by atomic mass is 10.3. The molecule has 1 aromatic heterocycles. The highest BCUT2D eigenvalue weighted by atomic mass is 32.2. The third-order valence-corrected chi connectivity index (χ3v) is 5.17. The highest BCUT2D eigenvalue weighted by Gasteiger charge is 2.40. The Morgan fingerprint density at radius 3 is 2.45 bits per heavy atom. The summed E-state index contributed by atoms with van der Waals surface area (Å²) < 4.78 is 31.4. The molecule has 0 amide bonds. The number of sulfone groups is 1. The Bertz CT molecular complexity index is 714. The van der Waals surface area contributed by atoms with Crippen LogP contribution in [0.25, 0.3) is 0 Å². The van der Waals surface area contributed by atoms with Gasteiger partial charge in [0.05, 0.1) is 7.11 Å². The van der Waals surface area contributed by atoms with E-state index >= 15 is 0 Å². The Morgan fingerprint density at radius 2 is 1.95 bits per heavy atom. The third-order valence-electron chi connectivity index (χ3n) is 3.36. The average Bonchev–Trinajstić information content (AvgIpc) is 2.61. The quantitative estimate of drug-likeness (QED) is 0.833. The van der Waals surface area contributed by atoms with E-state index < -0.39 is 20.9 Å². The zero-order chi connectivity index (χ0) is 15.2. The number of carbonyl (C=O) groups is 1. The van der Waals surface area contributed by atoms with Crippen molar-refractivity contribution in [1.29, 1.82) is 0 Å². The first-order valence-electron chi connectivity index (χ1n) is 6.12. The van der Waals surface area contributed by atoms with Crippen molar-refractivity contribution in [3.05, 3.63) is 11.3 Å². The van der Waals surface area contributed by atoms with Gasteiger partial charge in [-0.3, -0.25) is 5.43 Å². The minimum Gasteiger partial charge on any atom is -0.464 e. The van der Waals surface area contributed by atoms with Gasteiger partial charge in [-0.1, -0.05) is 0 Å². The molecule has 0 radical (unpaired) electrons. The van der Waals surface area contributed by atoms with Crippen molar-refractivity contribution >= 4 is 26.7 Å². The van der Waals surface area contributed by atoms with Gasteiger partial charge in [-0.15, -0.1) is 0 Å². The van der Waals surface area contributed by atoms with E-state index in [0.29, 0.717) is 11.4 Å². The first-order valence-corrected chi connectivity index (χ1v) is 7.60. The van der Waals surface area contributed by atoms with Crippen molar-refractivity contribution in [3.63, 3.8) is 0 Å². The lowest BCUT2D eigenvalue weighted by Gasteiger charge is -2.18. The highest BCUT2D eigenvalue weighted by Crippen LogP contribution is 2.37. The lowest BCUT2D eigenvalue weighted by Crippen LogP contribution is -2.31. The summed E-state index contributed by atoms with van der Waals surface area (Å²) in [6.45, 7) is 7.44. The van der Waals surface area contributed by atoms with Gasteiger partial charge < -0.3 is 9.30 Å². The number of hydrazone groups is 1. The van der Waals surface area contributed by atoms with Gasteiger partial charge in [0.2, 0.25) is 9.84 Å². The summed E-state index contributed by atoms with van der Waals surface area (Å²) in [5, 5.41) is 3.06. The Labute approximate surface area is 117 Å². The van der Waals surface area contributed by atoms with Crippen molar-refractivity contribution in [2.24, 2.45) is 5.10 Å². The van der Waals surface area contributed by atoms with Crippen molar-refractivity contribution in [2.45, 2.75) is 38.6 Å². The number of fused-ring (bicyclic) bond motifs is 1. The third kappa shape index (κ3) is 1.82. The predicted molar refractivity (Wildman–Crippen MR) is 74.6 cm³/mol. The number of methoxy groups -OCH3 is 1. The van der Waals surface area contributed by atoms with Crippen LogP contribution in [-0.4, -0.2) is 31.1 Å². The zero-order valence-corrected chi connectivity index (χ0v) is 12.8. The minimum atomic E-state index is -3.97. The number of hydrogen-bond donors (Lipinski definition) is 1. The Morgan fingerprint density at radius 1 is 1.35 bits per heavy atom. The molecule has 0 saturated heterocycles. The number of aromatic nitrogens is 1. The number of nitrogens with zero attached hydrogens (tertiary/aromatic N) is 2. The molecule has 0 unspecified atom stereocenters. The number of nitrogens with one attached hydrogen (secondary N) is 1. The maximum absolute atomic E-state index is 12.5. The molecule has 0 bridgehead atoms. The molecule has 0 aromatic carbocycles. The van der Waals surface area contributed by atoms with Crippen LogP contribution in [-0.2, 0) is 19.4 Å². The van der Waals surface area contributed by atoms with Crippen molar-refractivity contribution in [1.82, 2.24) is 4.57 Å². The van der Waals surface area contributed by atoms with Gasteiger partial charge in [-0.05, 0) is 33.3 Å². The van der Waals surface area contributed by atoms with Crippen LogP contribution in [0.5, 0.6) is 0 Å². The van der Waals surface area contributed by atoms with Gasteiger partial charge >= 0.3 is 5.97 Å². The fraction of sp³-hybridized carbons (Fsp3) is 0.500. The van der Waals surface area contributed by atoms with E-state index in [9.17, 15) is 13.2 Å². The topological polar surface area (TPSA) is 89.8 Å². The summed E-state index contributed by atoms with van der Waals surface area (Å²) in [7, 11) is -2.85. The number of hydrogen-bond acceptors (Lipinski definition) is 6. The van der Waals surface area contributed by atoms with Crippen molar-refractivity contribution in [3.8, 4) is 0 Å². The summed E-state index contributed by atoms with van der Waals surface area (Å²) in [5.74, 6) is -0.583. The van der Waals surface area contributed by atoms with E-state index in [1.807, 2.05) is 25.3 Å². The van der Waals surface area contributed by atoms with E-state index in [2.05, 4.69) is 15.3 Å². The molecule has 1 N–H and O–H groups in total. The van der Waals surface area contributed by atoms with E-state index in [1.165, 1.54) is 0 Å². The molecule has 0 fully saturated rings. The van der Waals surface area contributed by atoms with Crippen LogP contribution in [0, 0.1) is 13.8 Å². The molecule has 1 aliphatic heterocycles. The lowest BCUT2D eigenvalue weighted by molar-refractivity contribution is -0.132. The molecular formula is C12H17N3O4S. The number of ether oxygens (including phenoxy) is 1. The van der Waals surface area contributed by atoms with Crippen molar-refractivity contribution < 1.29 is 17.9 Å². The van der Waals surface area contributed by atoms with Crippen LogP contribution in [0.3, 0.4) is 0 Å². The summed E-state index contributed by atoms with van der Waals surface area (Å²) >= 11 is 0. The standard InChI is InChI=1S/C12H17N3O4S/c1-6(2)15-8(4)7(3)9-10(15)13-14-11(12(16)19-5)20(9,17)18/h6,13H,1-5H3. The van der Waals surface area contributed by atoms with Gasteiger partial charge in [0.15, 0.2) is 0 Å². The fourth-order valence-corrected chi connectivity index (χ4v) is 3.99. The summed E-state index contributed by atoms with van der Waals surface area (Å²) in [5.41, 5.74) is 4.10. The van der Waals surface area contributed by atoms with Crippen molar-refractivity contribution in [2.75, 3.05) is 12.5 Å². The Hall–Kier alpha value is -1.83. The van der Waals surface area contributed by atoms with Crippen LogP contribution in [0.2, 0.25) is 0 Å². The maximum atomic E-state index is 12.5. The molecule has 2 heterocycles. The van der Waals surface area contributed by atoms with E-state index in [-0.39, 0.29) is 10.9 Å².